The summed E-state index contributed by atoms with van der Waals surface area (Å²) in [5.41, 5.74) is 1.74. The smallest absolute Gasteiger partial charge is 0.225 e. The average molecular weight is 209 g/mol. The zero-order chi connectivity index (χ0) is 11.6. The average Bonchev–Trinajstić information content (AvgIpc) is 2.15. The molecule has 0 aromatic heterocycles. The fourth-order valence-electron chi connectivity index (χ4n) is 1.92. The summed E-state index contributed by atoms with van der Waals surface area (Å²) >= 11 is 0. The second kappa shape index (κ2) is 4.38. The van der Waals surface area contributed by atoms with Crippen LogP contribution in [-0.4, -0.2) is 23.9 Å². The summed E-state index contributed by atoms with van der Waals surface area (Å²) in [5.74, 6) is 0.397. The van der Waals surface area contributed by atoms with Crippen molar-refractivity contribution in [1.29, 1.82) is 0 Å². The van der Waals surface area contributed by atoms with Crippen molar-refractivity contribution >= 4 is 5.91 Å². The number of rotatable bonds is 1. The third kappa shape index (κ3) is 3.08. The molecule has 0 saturated heterocycles. The molecular formula is C13H23NO. The molecule has 0 aromatic rings. The summed E-state index contributed by atoms with van der Waals surface area (Å²) in [6, 6.07) is 0. The SMILES string of the molecule is CC(C)C(=O)N1CC=C(C(C)(C)C)CC1. The molecule has 0 unspecified atom stereocenters. The Bertz CT molecular complexity index is 271. The first-order chi connectivity index (χ1) is 6.82. The van der Waals surface area contributed by atoms with Gasteiger partial charge in [0.25, 0.3) is 0 Å². The zero-order valence-electron chi connectivity index (χ0n) is 10.6. The highest BCUT2D eigenvalue weighted by molar-refractivity contribution is 5.78. The maximum absolute atomic E-state index is 11.8. The lowest BCUT2D eigenvalue weighted by Crippen LogP contribution is -2.38. The van der Waals surface area contributed by atoms with E-state index in [0.717, 1.165) is 19.5 Å². The number of carbonyl (C=O) groups excluding carboxylic acids is 1. The van der Waals surface area contributed by atoms with E-state index in [1.165, 1.54) is 5.57 Å². The fraction of sp³-hybridized carbons (Fsp3) is 0.769. The van der Waals surface area contributed by atoms with Crippen molar-refractivity contribution in [3.05, 3.63) is 11.6 Å². The molecule has 0 aliphatic carbocycles. The zero-order valence-corrected chi connectivity index (χ0v) is 10.6. The van der Waals surface area contributed by atoms with Gasteiger partial charge in [0, 0.05) is 19.0 Å². The molecule has 0 saturated carbocycles. The lowest BCUT2D eigenvalue weighted by molar-refractivity contribution is -0.134. The molecule has 0 radical (unpaired) electrons. The normalized spacial score (nSPS) is 18.0. The van der Waals surface area contributed by atoms with E-state index in [1.54, 1.807) is 0 Å². The highest BCUT2D eigenvalue weighted by atomic mass is 16.2. The quantitative estimate of drug-likeness (QED) is 0.608. The molecule has 0 spiro atoms. The van der Waals surface area contributed by atoms with E-state index in [9.17, 15) is 4.79 Å². The summed E-state index contributed by atoms with van der Waals surface area (Å²) in [4.78, 5) is 13.7. The third-order valence-corrected chi connectivity index (χ3v) is 2.98. The molecule has 1 heterocycles. The minimum absolute atomic E-state index is 0.120. The second-order valence-corrected chi connectivity index (χ2v) is 5.67. The molecule has 86 valence electrons. The minimum atomic E-state index is 0.120. The summed E-state index contributed by atoms with van der Waals surface area (Å²) in [7, 11) is 0. The van der Waals surface area contributed by atoms with Gasteiger partial charge in [0.2, 0.25) is 5.91 Å². The number of nitrogens with zero attached hydrogens (tertiary/aromatic N) is 1. The Morgan fingerprint density at radius 3 is 2.33 bits per heavy atom. The van der Waals surface area contributed by atoms with Crippen molar-refractivity contribution in [2.24, 2.45) is 11.3 Å². The highest BCUT2D eigenvalue weighted by Gasteiger charge is 2.24. The van der Waals surface area contributed by atoms with Crippen LogP contribution in [0.4, 0.5) is 0 Å². The third-order valence-electron chi connectivity index (χ3n) is 2.98. The van der Waals surface area contributed by atoms with Crippen LogP contribution in [0.3, 0.4) is 0 Å². The molecule has 0 bridgehead atoms. The van der Waals surface area contributed by atoms with Gasteiger partial charge in [-0.05, 0) is 11.8 Å². The van der Waals surface area contributed by atoms with Gasteiger partial charge in [-0.15, -0.1) is 0 Å². The van der Waals surface area contributed by atoms with E-state index >= 15 is 0 Å². The number of amides is 1. The largest absolute Gasteiger partial charge is 0.338 e. The lowest BCUT2D eigenvalue weighted by Gasteiger charge is -2.33. The molecule has 0 N–H and O–H groups in total. The monoisotopic (exact) mass is 209 g/mol. The molecular weight excluding hydrogens is 186 g/mol. The molecule has 2 nitrogen and oxygen atoms in total. The molecule has 0 aromatic carbocycles. The standard InChI is InChI=1S/C13H23NO/c1-10(2)12(15)14-8-6-11(7-9-14)13(3,4)5/h6,10H,7-9H2,1-5H3. The Hall–Kier alpha value is -0.790. The van der Waals surface area contributed by atoms with E-state index in [1.807, 2.05) is 18.7 Å². The maximum Gasteiger partial charge on any atom is 0.225 e. The van der Waals surface area contributed by atoms with Gasteiger partial charge in [-0.25, -0.2) is 0 Å². The Labute approximate surface area is 93.3 Å². The van der Waals surface area contributed by atoms with Gasteiger partial charge in [0.05, 0.1) is 0 Å². The van der Waals surface area contributed by atoms with Gasteiger partial charge >= 0.3 is 0 Å². The van der Waals surface area contributed by atoms with Crippen molar-refractivity contribution in [2.45, 2.75) is 41.0 Å². The number of hydrogen-bond donors (Lipinski definition) is 0. The fourth-order valence-corrected chi connectivity index (χ4v) is 1.92. The van der Waals surface area contributed by atoms with Gasteiger partial charge in [0.1, 0.15) is 0 Å². The first-order valence-electron chi connectivity index (χ1n) is 5.80. The van der Waals surface area contributed by atoms with E-state index < -0.39 is 0 Å². The molecule has 1 aliphatic heterocycles. The van der Waals surface area contributed by atoms with E-state index in [4.69, 9.17) is 0 Å². The minimum Gasteiger partial charge on any atom is -0.338 e. The van der Waals surface area contributed by atoms with Crippen LogP contribution < -0.4 is 0 Å². The molecule has 1 amide bonds. The van der Waals surface area contributed by atoms with E-state index in [-0.39, 0.29) is 17.2 Å². The first kappa shape index (κ1) is 12.3. The Kier molecular flexibility index (Phi) is 3.58. The molecule has 0 atom stereocenters. The van der Waals surface area contributed by atoms with E-state index in [0.29, 0.717) is 0 Å². The van der Waals surface area contributed by atoms with Crippen LogP contribution in [0.25, 0.3) is 0 Å². The molecule has 0 fully saturated rings. The second-order valence-electron chi connectivity index (χ2n) is 5.67. The van der Waals surface area contributed by atoms with Crippen LogP contribution in [-0.2, 0) is 4.79 Å². The Morgan fingerprint density at radius 2 is 2.00 bits per heavy atom. The summed E-state index contributed by atoms with van der Waals surface area (Å²) < 4.78 is 0. The van der Waals surface area contributed by atoms with Crippen LogP contribution in [0.1, 0.15) is 41.0 Å². The van der Waals surface area contributed by atoms with Crippen molar-refractivity contribution in [2.75, 3.05) is 13.1 Å². The van der Waals surface area contributed by atoms with Gasteiger partial charge < -0.3 is 4.90 Å². The number of hydrogen-bond acceptors (Lipinski definition) is 1. The molecule has 1 rings (SSSR count). The van der Waals surface area contributed by atoms with Crippen molar-refractivity contribution in [3.63, 3.8) is 0 Å². The van der Waals surface area contributed by atoms with Gasteiger partial charge in [0.15, 0.2) is 0 Å². The molecule has 2 heteroatoms. The van der Waals surface area contributed by atoms with Crippen LogP contribution in [0.2, 0.25) is 0 Å². The van der Waals surface area contributed by atoms with Gasteiger partial charge in [-0.1, -0.05) is 46.3 Å². The summed E-state index contributed by atoms with van der Waals surface area (Å²) in [5, 5.41) is 0. The van der Waals surface area contributed by atoms with Crippen LogP contribution >= 0.6 is 0 Å². The van der Waals surface area contributed by atoms with Crippen molar-refractivity contribution < 1.29 is 4.79 Å². The molecule has 15 heavy (non-hydrogen) atoms. The summed E-state index contributed by atoms with van der Waals surface area (Å²) in [6.07, 6.45) is 3.26. The van der Waals surface area contributed by atoms with E-state index in [2.05, 4.69) is 26.8 Å². The van der Waals surface area contributed by atoms with Crippen molar-refractivity contribution in [3.8, 4) is 0 Å². The van der Waals surface area contributed by atoms with Crippen molar-refractivity contribution in [1.82, 2.24) is 4.90 Å². The molecule has 1 aliphatic rings. The van der Waals surface area contributed by atoms with Crippen LogP contribution in [0.5, 0.6) is 0 Å². The highest BCUT2D eigenvalue weighted by Crippen LogP contribution is 2.30. The predicted molar refractivity (Wildman–Crippen MR) is 63.6 cm³/mol. The van der Waals surface area contributed by atoms with Crippen LogP contribution in [0.15, 0.2) is 11.6 Å². The Morgan fingerprint density at radius 1 is 1.40 bits per heavy atom. The first-order valence-corrected chi connectivity index (χ1v) is 5.80. The van der Waals surface area contributed by atoms with Gasteiger partial charge in [-0.2, -0.15) is 0 Å². The summed E-state index contributed by atoms with van der Waals surface area (Å²) in [6.45, 7) is 12.3. The predicted octanol–water partition coefficient (Wildman–Crippen LogP) is 2.85. The lowest BCUT2D eigenvalue weighted by atomic mass is 9.83. The van der Waals surface area contributed by atoms with Crippen LogP contribution in [0, 0.1) is 11.3 Å². The van der Waals surface area contributed by atoms with Gasteiger partial charge in [-0.3, -0.25) is 4.79 Å². The number of carbonyl (C=O) groups is 1. The topological polar surface area (TPSA) is 20.3 Å². The maximum atomic E-state index is 11.8. The Balaban J connectivity index is 2.62.